The third-order valence-electron chi connectivity index (χ3n) is 1.92. The second-order valence-corrected chi connectivity index (χ2v) is 4.34. The van der Waals surface area contributed by atoms with Crippen LogP contribution >= 0.6 is 11.8 Å². The fraction of sp³-hybridized carbons (Fsp3) is 0.417. The average molecular weight is 240 g/mol. The van der Waals surface area contributed by atoms with Gasteiger partial charge in [0.05, 0.1) is 13.0 Å². The molecule has 3 nitrogen and oxygen atoms in total. The van der Waals surface area contributed by atoms with Gasteiger partial charge in [-0.25, -0.2) is 0 Å². The van der Waals surface area contributed by atoms with Crippen molar-refractivity contribution in [2.45, 2.75) is 12.2 Å². The van der Waals surface area contributed by atoms with Gasteiger partial charge >= 0.3 is 5.97 Å². The van der Waals surface area contributed by atoms with Crippen molar-refractivity contribution in [1.82, 2.24) is 0 Å². The van der Waals surface area contributed by atoms with Crippen LogP contribution < -0.4 is 0 Å². The first-order valence-electron chi connectivity index (χ1n) is 5.21. The molecule has 1 rings (SSSR count). The highest BCUT2D eigenvalue weighted by molar-refractivity contribution is 7.98. The molecule has 16 heavy (non-hydrogen) atoms. The number of aliphatic hydroxyl groups is 1. The molecule has 0 saturated carbocycles. The fourth-order valence-corrected chi connectivity index (χ4v) is 2.03. The molecule has 0 unspecified atom stereocenters. The van der Waals surface area contributed by atoms with Gasteiger partial charge in [0.2, 0.25) is 0 Å². The summed E-state index contributed by atoms with van der Waals surface area (Å²) in [5.41, 5.74) is 1.26. The van der Waals surface area contributed by atoms with Gasteiger partial charge in [0.25, 0.3) is 0 Å². The summed E-state index contributed by atoms with van der Waals surface area (Å²) in [5.74, 6) is 1.42. The number of hydrogen-bond donors (Lipinski definition) is 1. The Morgan fingerprint density at radius 2 is 2.06 bits per heavy atom. The summed E-state index contributed by atoms with van der Waals surface area (Å²) < 4.78 is 4.74. The van der Waals surface area contributed by atoms with Crippen LogP contribution in [0.2, 0.25) is 0 Å². The van der Waals surface area contributed by atoms with Gasteiger partial charge in [0.1, 0.15) is 6.61 Å². The molecule has 0 aliphatic heterocycles. The topological polar surface area (TPSA) is 46.5 Å². The maximum absolute atomic E-state index is 11.1. The standard InChI is InChI=1S/C12H16O3S/c13-7-8-15-12(14)6-9-16-10-11-4-2-1-3-5-11/h1-5,13H,6-10H2. The van der Waals surface area contributed by atoms with E-state index in [1.165, 1.54) is 5.56 Å². The molecule has 1 aromatic carbocycles. The Kier molecular flexibility index (Phi) is 6.69. The number of benzene rings is 1. The highest BCUT2D eigenvalue weighted by Gasteiger charge is 2.01. The second kappa shape index (κ2) is 8.19. The Hall–Kier alpha value is -1.00. The minimum Gasteiger partial charge on any atom is -0.463 e. The minimum absolute atomic E-state index is 0.0994. The zero-order valence-electron chi connectivity index (χ0n) is 9.09. The van der Waals surface area contributed by atoms with E-state index in [4.69, 9.17) is 9.84 Å². The summed E-state index contributed by atoms with van der Waals surface area (Å²) in [6.45, 7) is -0.00885. The molecule has 0 aliphatic carbocycles. The molecule has 0 aliphatic rings. The summed E-state index contributed by atoms with van der Waals surface area (Å²) >= 11 is 1.70. The van der Waals surface area contributed by atoms with Gasteiger partial charge in [-0.2, -0.15) is 11.8 Å². The lowest BCUT2D eigenvalue weighted by Gasteiger charge is -2.03. The Labute approximate surface area is 99.8 Å². The van der Waals surface area contributed by atoms with Gasteiger partial charge in [0.15, 0.2) is 0 Å². The Morgan fingerprint density at radius 1 is 1.31 bits per heavy atom. The number of carbonyl (C=O) groups is 1. The smallest absolute Gasteiger partial charge is 0.306 e. The number of thioether (sulfide) groups is 1. The van der Waals surface area contributed by atoms with Crippen LogP contribution in [0.25, 0.3) is 0 Å². The Morgan fingerprint density at radius 3 is 2.75 bits per heavy atom. The van der Waals surface area contributed by atoms with Crippen molar-refractivity contribution in [3.05, 3.63) is 35.9 Å². The predicted octanol–water partition coefficient (Wildman–Crippen LogP) is 1.85. The third kappa shape index (κ3) is 5.78. The molecule has 0 atom stereocenters. The molecule has 4 heteroatoms. The average Bonchev–Trinajstić information content (AvgIpc) is 2.33. The van der Waals surface area contributed by atoms with Crippen LogP contribution in [-0.2, 0) is 15.3 Å². The summed E-state index contributed by atoms with van der Waals surface area (Å²) in [5, 5.41) is 8.45. The highest BCUT2D eigenvalue weighted by Crippen LogP contribution is 2.12. The molecule has 0 spiro atoms. The van der Waals surface area contributed by atoms with Crippen molar-refractivity contribution >= 4 is 17.7 Å². The Bertz CT molecular complexity index is 300. The molecule has 0 radical (unpaired) electrons. The molecule has 0 saturated heterocycles. The summed E-state index contributed by atoms with van der Waals surface area (Å²) in [7, 11) is 0. The van der Waals surface area contributed by atoms with E-state index in [1.807, 2.05) is 18.2 Å². The number of esters is 1. The van der Waals surface area contributed by atoms with E-state index in [2.05, 4.69) is 12.1 Å². The first-order valence-corrected chi connectivity index (χ1v) is 6.36. The molecule has 0 bridgehead atoms. The number of ether oxygens (including phenoxy) is 1. The summed E-state index contributed by atoms with van der Waals surface area (Å²) in [6, 6.07) is 10.1. The second-order valence-electron chi connectivity index (χ2n) is 3.23. The molecule has 1 N–H and O–H groups in total. The van der Waals surface area contributed by atoms with E-state index >= 15 is 0 Å². The van der Waals surface area contributed by atoms with Gasteiger partial charge in [0, 0.05) is 11.5 Å². The highest BCUT2D eigenvalue weighted by atomic mass is 32.2. The van der Waals surface area contributed by atoms with Crippen molar-refractivity contribution < 1.29 is 14.6 Å². The van der Waals surface area contributed by atoms with Crippen LogP contribution in [0, 0.1) is 0 Å². The van der Waals surface area contributed by atoms with Crippen LogP contribution in [0.15, 0.2) is 30.3 Å². The maximum Gasteiger partial charge on any atom is 0.306 e. The lowest BCUT2D eigenvalue weighted by atomic mass is 10.2. The van der Waals surface area contributed by atoms with Gasteiger partial charge in [-0.3, -0.25) is 4.79 Å². The number of hydrogen-bond acceptors (Lipinski definition) is 4. The van der Waals surface area contributed by atoms with Gasteiger partial charge in [-0.15, -0.1) is 0 Å². The molecule has 88 valence electrons. The number of carbonyl (C=O) groups excluding carboxylic acids is 1. The Balaban J connectivity index is 2.06. The van der Waals surface area contributed by atoms with Crippen LogP contribution in [0.4, 0.5) is 0 Å². The van der Waals surface area contributed by atoms with E-state index in [-0.39, 0.29) is 19.2 Å². The van der Waals surface area contributed by atoms with Gasteiger partial charge < -0.3 is 9.84 Å². The molecular weight excluding hydrogens is 224 g/mol. The quantitative estimate of drug-likeness (QED) is 0.583. The van der Waals surface area contributed by atoms with Gasteiger partial charge in [-0.1, -0.05) is 30.3 Å². The molecular formula is C12H16O3S. The lowest BCUT2D eigenvalue weighted by Crippen LogP contribution is -2.08. The van der Waals surface area contributed by atoms with Crippen molar-refractivity contribution in [2.75, 3.05) is 19.0 Å². The monoisotopic (exact) mass is 240 g/mol. The van der Waals surface area contributed by atoms with E-state index in [0.29, 0.717) is 6.42 Å². The van der Waals surface area contributed by atoms with Crippen molar-refractivity contribution in [1.29, 1.82) is 0 Å². The van der Waals surface area contributed by atoms with E-state index < -0.39 is 0 Å². The van der Waals surface area contributed by atoms with Crippen LogP contribution in [0.5, 0.6) is 0 Å². The minimum atomic E-state index is -0.241. The largest absolute Gasteiger partial charge is 0.463 e. The summed E-state index contributed by atoms with van der Waals surface area (Å²) in [4.78, 5) is 11.1. The van der Waals surface area contributed by atoms with Crippen LogP contribution in [0.1, 0.15) is 12.0 Å². The van der Waals surface area contributed by atoms with Crippen molar-refractivity contribution in [2.24, 2.45) is 0 Å². The zero-order chi connectivity index (χ0) is 11.6. The molecule has 0 heterocycles. The normalized spacial score (nSPS) is 10.1. The van der Waals surface area contributed by atoms with Crippen LogP contribution in [-0.4, -0.2) is 30.0 Å². The fourth-order valence-electron chi connectivity index (χ4n) is 1.15. The molecule has 1 aromatic rings. The maximum atomic E-state index is 11.1. The first kappa shape index (κ1) is 13.1. The molecule has 0 fully saturated rings. The van der Waals surface area contributed by atoms with Crippen molar-refractivity contribution in [3.63, 3.8) is 0 Å². The zero-order valence-corrected chi connectivity index (χ0v) is 9.91. The lowest BCUT2D eigenvalue weighted by molar-refractivity contribution is -0.144. The van der Waals surface area contributed by atoms with Gasteiger partial charge in [-0.05, 0) is 5.56 Å². The molecule has 0 aromatic heterocycles. The van der Waals surface area contributed by atoms with E-state index in [0.717, 1.165) is 11.5 Å². The SMILES string of the molecule is O=C(CCSCc1ccccc1)OCCO. The first-order chi connectivity index (χ1) is 7.83. The van der Waals surface area contributed by atoms with E-state index in [9.17, 15) is 4.79 Å². The van der Waals surface area contributed by atoms with Crippen LogP contribution in [0.3, 0.4) is 0 Å². The third-order valence-corrected chi connectivity index (χ3v) is 2.95. The number of aliphatic hydroxyl groups excluding tert-OH is 1. The number of rotatable bonds is 7. The summed E-state index contributed by atoms with van der Waals surface area (Å²) in [6.07, 6.45) is 0.400. The van der Waals surface area contributed by atoms with E-state index in [1.54, 1.807) is 11.8 Å². The predicted molar refractivity (Wildman–Crippen MR) is 65.3 cm³/mol. The van der Waals surface area contributed by atoms with Crippen molar-refractivity contribution in [3.8, 4) is 0 Å². The molecule has 0 amide bonds.